The summed E-state index contributed by atoms with van der Waals surface area (Å²) in [6, 6.07) is 5.83. The molecule has 0 amide bonds. The molecule has 4 aromatic rings. The maximum Gasteiger partial charge on any atom is 0.271 e. The Morgan fingerprint density at radius 2 is 1.81 bits per heavy atom. The molecule has 1 aromatic carbocycles. The van der Waals surface area contributed by atoms with Crippen molar-refractivity contribution in [1.82, 2.24) is 19.6 Å². The molecule has 0 spiro atoms. The molecule has 0 aliphatic rings. The van der Waals surface area contributed by atoms with Crippen LogP contribution < -0.4 is 4.72 Å². The number of anilines is 1. The second-order valence-electron chi connectivity index (χ2n) is 6.80. The minimum atomic E-state index is -3.43. The summed E-state index contributed by atoms with van der Waals surface area (Å²) in [5.41, 5.74) is 1.37. The Bertz CT molecular complexity index is 1410. The normalized spacial score (nSPS) is 12.5. The first-order valence-corrected chi connectivity index (χ1v) is 12.1. The molecule has 0 aliphatic heterocycles. The van der Waals surface area contributed by atoms with Crippen molar-refractivity contribution in [3.8, 4) is 21.3 Å². The highest BCUT2D eigenvalue weighted by Gasteiger charge is 2.26. The number of hydrogen-bond acceptors (Lipinski definition) is 6. The zero-order chi connectivity index (χ0) is 22.6. The molecule has 1 N–H and O–H groups in total. The van der Waals surface area contributed by atoms with E-state index in [9.17, 15) is 17.2 Å². The van der Waals surface area contributed by atoms with E-state index in [0.717, 1.165) is 13.2 Å². The van der Waals surface area contributed by atoms with Crippen molar-refractivity contribution in [1.29, 1.82) is 0 Å². The zero-order valence-electron chi connectivity index (χ0n) is 15.9. The quantitative estimate of drug-likeness (QED) is 0.398. The van der Waals surface area contributed by atoms with Gasteiger partial charge in [-0.2, -0.15) is 0 Å². The number of rotatable bonds is 5. The number of sulfonamides is 1. The molecule has 13 heteroatoms. The molecule has 0 radical (unpaired) electrons. The molecule has 0 fully saturated rings. The largest absolute Gasteiger partial charge is 0.305 e. The lowest BCUT2D eigenvalue weighted by Gasteiger charge is -2.11. The van der Waals surface area contributed by atoms with Crippen molar-refractivity contribution in [3.63, 3.8) is 0 Å². The molecular weight excluding hydrogens is 491 g/mol. The van der Waals surface area contributed by atoms with E-state index in [1.807, 2.05) is 0 Å². The maximum atomic E-state index is 13.7. The fourth-order valence-corrected chi connectivity index (χ4v) is 4.78. The summed E-state index contributed by atoms with van der Waals surface area (Å²) in [4.78, 5) is 4.37. The van der Waals surface area contributed by atoms with Crippen molar-refractivity contribution in [3.05, 3.63) is 52.3 Å². The number of alkyl halides is 2. The Balaban J connectivity index is 1.69. The molecule has 7 nitrogen and oxygen atoms in total. The van der Waals surface area contributed by atoms with E-state index in [4.69, 9.17) is 23.2 Å². The first-order chi connectivity index (χ1) is 14.4. The van der Waals surface area contributed by atoms with Gasteiger partial charge in [0.05, 0.1) is 16.3 Å². The van der Waals surface area contributed by atoms with Gasteiger partial charge in [-0.15, -0.1) is 10.2 Å². The highest BCUT2D eigenvalue weighted by molar-refractivity contribution is 7.92. The van der Waals surface area contributed by atoms with Crippen LogP contribution in [0.25, 0.3) is 26.9 Å². The van der Waals surface area contributed by atoms with Crippen LogP contribution in [0.15, 0.2) is 36.7 Å². The molecule has 0 saturated heterocycles. The van der Waals surface area contributed by atoms with E-state index in [0.29, 0.717) is 32.6 Å². The molecule has 3 heterocycles. The third-order valence-electron chi connectivity index (χ3n) is 4.16. The van der Waals surface area contributed by atoms with Gasteiger partial charge in [0.15, 0.2) is 10.7 Å². The lowest BCUT2D eigenvalue weighted by Crippen LogP contribution is -2.09. The SMILES string of the molecule is CC(F)(F)c1cc(Cl)c2nc(-c3nnc(-c4ccc(NS(C)(=O)=O)cc4Cl)s3)cn2c1. The maximum absolute atomic E-state index is 13.7. The van der Waals surface area contributed by atoms with Crippen LogP contribution >= 0.6 is 34.5 Å². The molecule has 162 valence electrons. The van der Waals surface area contributed by atoms with Crippen LogP contribution in [0.2, 0.25) is 10.0 Å². The summed E-state index contributed by atoms with van der Waals surface area (Å²) in [7, 11) is -3.43. The molecular formula is C18H13Cl2F2N5O2S2. The summed E-state index contributed by atoms with van der Waals surface area (Å²) in [5, 5.41) is 9.53. The fourth-order valence-electron chi connectivity index (χ4n) is 2.80. The van der Waals surface area contributed by atoms with Gasteiger partial charge in [-0.1, -0.05) is 34.5 Å². The third-order valence-corrected chi connectivity index (χ3v) is 6.34. The van der Waals surface area contributed by atoms with E-state index < -0.39 is 15.9 Å². The highest BCUT2D eigenvalue weighted by atomic mass is 35.5. The number of nitrogens with zero attached hydrogens (tertiary/aromatic N) is 4. The zero-order valence-corrected chi connectivity index (χ0v) is 19.0. The van der Waals surface area contributed by atoms with Gasteiger partial charge in [0.25, 0.3) is 5.92 Å². The topological polar surface area (TPSA) is 89.2 Å². The average molecular weight is 504 g/mol. The van der Waals surface area contributed by atoms with Crippen molar-refractivity contribution in [2.45, 2.75) is 12.8 Å². The minimum absolute atomic E-state index is 0.0898. The number of nitrogens with one attached hydrogen (secondary N) is 1. The Kier molecular flexibility index (Phi) is 5.41. The van der Waals surface area contributed by atoms with Crippen LogP contribution in [0.4, 0.5) is 14.5 Å². The second-order valence-corrected chi connectivity index (χ2v) is 10.3. The first-order valence-electron chi connectivity index (χ1n) is 8.59. The molecule has 0 unspecified atom stereocenters. The smallest absolute Gasteiger partial charge is 0.271 e. The number of imidazole rings is 1. The molecule has 31 heavy (non-hydrogen) atoms. The van der Waals surface area contributed by atoms with Crippen LogP contribution in [0.1, 0.15) is 12.5 Å². The first kappa shape index (κ1) is 21.9. The van der Waals surface area contributed by atoms with Crippen LogP contribution in [0, 0.1) is 0 Å². The summed E-state index contributed by atoms with van der Waals surface area (Å²) in [6.07, 6.45) is 3.85. The van der Waals surface area contributed by atoms with E-state index in [1.165, 1.54) is 34.1 Å². The van der Waals surface area contributed by atoms with Crippen LogP contribution in [0.5, 0.6) is 0 Å². The number of hydrogen-bond donors (Lipinski definition) is 1. The van der Waals surface area contributed by atoms with E-state index in [2.05, 4.69) is 19.9 Å². The van der Waals surface area contributed by atoms with Crippen LogP contribution in [0.3, 0.4) is 0 Å². The molecule has 0 saturated carbocycles. The van der Waals surface area contributed by atoms with Gasteiger partial charge in [-0.05, 0) is 24.3 Å². The van der Waals surface area contributed by atoms with E-state index in [1.54, 1.807) is 18.3 Å². The van der Waals surface area contributed by atoms with Crippen LogP contribution in [-0.4, -0.2) is 34.3 Å². The summed E-state index contributed by atoms with van der Waals surface area (Å²) in [6.45, 7) is 0.791. The molecule has 0 aliphatic carbocycles. The van der Waals surface area contributed by atoms with Crippen molar-refractivity contribution in [2.24, 2.45) is 0 Å². The van der Waals surface area contributed by atoms with Gasteiger partial charge < -0.3 is 4.40 Å². The predicted molar refractivity (Wildman–Crippen MR) is 118 cm³/mol. The standard InChI is InChI=1S/C18H13Cl2F2N5O2S2/c1-18(21,22)9-5-13(20)15-23-14(8-27(15)7-9)17-25-24-16(30-17)11-4-3-10(6-12(11)19)26-31(2,28)29/h3-8,26H,1-2H3. The van der Waals surface area contributed by atoms with Gasteiger partial charge in [0, 0.05) is 36.1 Å². The molecule has 0 bridgehead atoms. The Morgan fingerprint density at radius 3 is 2.45 bits per heavy atom. The number of fused-ring (bicyclic) bond motifs is 1. The van der Waals surface area contributed by atoms with Crippen molar-refractivity contribution >= 4 is 55.9 Å². The van der Waals surface area contributed by atoms with E-state index >= 15 is 0 Å². The Morgan fingerprint density at radius 1 is 1.10 bits per heavy atom. The average Bonchev–Trinajstić information content (AvgIpc) is 3.26. The molecule has 0 atom stereocenters. The summed E-state index contributed by atoms with van der Waals surface area (Å²) in [5.74, 6) is -3.05. The van der Waals surface area contributed by atoms with Gasteiger partial charge >= 0.3 is 0 Å². The third kappa shape index (κ3) is 4.64. The lowest BCUT2D eigenvalue weighted by atomic mass is 10.2. The second kappa shape index (κ2) is 7.66. The van der Waals surface area contributed by atoms with Crippen LogP contribution in [-0.2, 0) is 15.9 Å². The number of halogens is 4. The van der Waals surface area contributed by atoms with Gasteiger partial charge in [-0.25, -0.2) is 22.2 Å². The minimum Gasteiger partial charge on any atom is -0.305 e. The number of pyridine rings is 1. The lowest BCUT2D eigenvalue weighted by molar-refractivity contribution is 0.0170. The van der Waals surface area contributed by atoms with Gasteiger partial charge in [-0.3, -0.25) is 4.72 Å². The summed E-state index contributed by atoms with van der Waals surface area (Å²) < 4.78 is 53.9. The fraction of sp³-hybridized carbons (Fsp3) is 0.167. The Hall–Kier alpha value is -2.34. The Labute approximate surface area is 189 Å². The van der Waals surface area contributed by atoms with E-state index in [-0.39, 0.29) is 15.6 Å². The van der Waals surface area contributed by atoms with Crippen molar-refractivity contribution < 1.29 is 17.2 Å². The molecule has 4 rings (SSSR count). The highest BCUT2D eigenvalue weighted by Crippen LogP contribution is 2.36. The number of aromatic nitrogens is 4. The summed E-state index contributed by atoms with van der Waals surface area (Å²) >= 11 is 13.6. The molecule has 3 aromatic heterocycles. The number of benzene rings is 1. The van der Waals surface area contributed by atoms with Gasteiger partial charge in [0.2, 0.25) is 10.0 Å². The predicted octanol–water partition coefficient (Wildman–Crippen LogP) is 5.31. The van der Waals surface area contributed by atoms with Crippen molar-refractivity contribution in [2.75, 3.05) is 11.0 Å². The monoisotopic (exact) mass is 503 g/mol. The van der Waals surface area contributed by atoms with Gasteiger partial charge in [0.1, 0.15) is 10.7 Å².